The van der Waals surface area contributed by atoms with E-state index in [0.29, 0.717) is 17.1 Å². The van der Waals surface area contributed by atoms with Crippen molar-refractivity contribution in [3.8, 4) is 0 Å². The Morgan fingerprint density at radius 2 is 1.58 bits per heavy atom. The Morgan fingerprint density at radius 3 is 2.15 bits per heavy atom. The zero-order valence-electron chi connectivity index (χ0n) is 14.9. The van der Waals surface area contributed by atoms with Gasteiger partial charge < -0.3 is 14.4 Å². The summed E-state index contributed by atoms with van der Waals surface area (Å²) in [5.41, 5.74) is 2.47. The van der Waals surface area contributed by atoms with E-state index in [9.17, 15) is 9.59 Å². The average molecular weight is 374 g/mol. The Labute approximate surface area is 157 Å². The van der Waals surface area contributed by atoms with Crippen molar-refractivity contribution in [2.75, 3.05) is 26.2 Å². The Balaban J connectivity index is 2.36. The van der Waals surface area contributed by atoms with E-state index < -0.39 is 11.9 Å². The number of hydrogen-bond donors (Lipinski definition) is 0. The summed E-state index contributed by atoms with van der Waals surface area (Å²) >= 11 is 5.93. The molecule has 5 nitrogen and oxygen atoms in total. The van der Waals surface area contributed by atoms with Crippen LogP contribution < -0.4 is 4.90 Å². The van der Waals surface area contributed by atoms with Crippen LogP contribution in [0.2, 0.25) is 5.02 Å². The van der Waals surface area contributed by atoms with Gasteiger partial charge in [-0.3, -0.25) is 0 Å². The summed E-state index contributed by atoms with van der Waals surface area (Å²) in [7, 11) is 4.37. The molecule has 0 saturated carbocycles. The van der Waals surface area contributed by atoms with E-state index >= 15 is 0 Å². The van der Waals surface area contributed by atoms with Crippen LogP contribution in [0.25, 0.3) is 6.08 Å². The lowest BCUT2D eigenvalue weighted by Gasteiger charge is -2.22. The molecular formula is C20H20ClNO4. The van der Waals surface area contributed by atoms with E-state index in [4.69, 9.17) is 11.6 Å². The van der Waals surface area contributed by atoms with Crippen molar-refractivity contribution >= 4 is 35.3 Å². The van der Waals surface area contributed by atoms with E-state index in [2.05, 4.69) is 9.47 Å². The standard InChI is InChI=1S/C20H20ClNO4/c1-22(13-14-8-10-16(21)11-9-14)18-7-5-4-6-15(18)12-17(19(23)25-2)20(24)26-3/h4-12H,13H2,1-3H3. The van der Waals surface area contributed by atoms with E-state index in [1.807, 2.05) is 60.5 Å². The lowest BCUT2D eigenvalue weighted by Crippen LogP contribution is -2.18. The predicted molar refractivity (Wildman–Crippen MR) is 102 cm³/mol. The van der Waals surface area contributed by atoms with Crippen LogP contribution in [0.4, 0.5) is 5.69 Å². The highest BCUT2D eigenvalue weighted by molar-refractivity contribution is 6.30. The molecule has 0 aromatic heterocycles. The topological polar surface area (TPSA) is 55.8 Å². The summed E-state index contributed by atoms with van der Waals surface area (Å²) in [6.07, 6.45) is 1.48. The zero-order chi connectivity index (χ0) is 19.1. The van der Waals surface area contributed by atoms with Gasteiger partial charge in [0.05, 0.1) is 14.2 Å². The molecule has 2 aromatic rings. The quantitative estimate of drug-likeness (QED) is 0.334. The molecular weight excluding hydrogens is 354 g/mol. The van der Waals surface area contributed by atoms with Crippen LogP contribution in [-0.4, -0.2) is 33.2 Å². The van der Waals surface area contributed by atoms with Gasteiger partial charge in [-0.1, -0.05) is 41.9 Å². The largest absolute Gasteiger partial charge is 0.465 e. The molecule has 0 aliphatic heterocycles. The van der Waals surface area contributed by atoms with Gasteiger partial charge in [-0.15, -0.1) is 0 Å². The summed E-state index contributed by atoms with van der Waals surface area (Å²) in [6.45, 7) is 0.633. The fraction of sp³-hybridized carbons (Fsp3) is 0.200. The number of carbonyl (C=O) groups is 2. The van der Waals surface area contributed by atoms with Gasteiger partial charge in [-0.25, -0.2) is 9.59 Å². The molecule has 0 amide bonds. The number of esters is 2. The first-order valence-electron chi connectivity index (χ1n) is 7.89. The first kappa shape index (κ1) is 19.5. The highest BCUT2D eigenvalue weighted by Crippen LogP contribution is 2.24. The molecule has 6 heteroatoms. The molecule has 0 bridgehead atoms. The van der Waals surface area contributed by atoms with Crippen LogP contribution in [0.3, 0.4) is 0 Å². The highest BCUT2D eigenvalue weighted by Gasteiger charge is 2.20. The lowest BCUT2D eigenvalue weighted by atomic mass is 10.1. The maximum absolute atomic E-state index is 11.9. The second-order valence-electron chi connectivity index (χ2n) is 5.58. The SMILES string of the molecule is COC(=O)C(=Cc1ccccc1N(C)Cc1ccc(Cl)cc1)C(=O)OC. The van der Waals surface area contributed by atoms with Crippen molar-refractivity contribution in [3.05, 3.63) is 70.3 Å². The number of halogens is 1. The monoisotopic (exact) mass is 373 g/mol. The fourth-order valence-electron chi connectivity index (χ4n) is 2.48. The first-order chi connectivity index (χ1) is 12.5. The van der Waals surface area contributed by atoms with Crippen molar-refractivity contribution in [1.82, 2.24) is 0 Å². The smallest absolute Gasteiger partial charge is 0.345 e. The number of methoxy groups -OCH3 is 2. The van der Waals surface area contributed by atoms with E-state index in [-0.39, 0.29) is 5.57 Å². The fourth-order valence-corrected chi connectivity index (χ4v) is 2.61. The number of anilines is 1. The number of nitrogens with zero attached hydrogens (tertiary/aromatic N) is 1. The van der Waals surface area contributed by atoms with Crippen molar-refractivity contribution in [2.45, 2.75) is 6.54 Å². The lowest BCUT2D eigenvalue weighted by molar-refractivity contribution is -0.143. The van der Waals surface area contributed by atoms with Crippen molar-refractivity contribution < 1.29 is 19.1 Å². The van der Waals surface area contributed by atoms with E-state index in [1.54, 1.807) is 0 Å². The molecule has 0 radical (unpaired) electrons. The average Bonchev–Trinajstić information content (AvgIpc) is 2.67. The maximum Gasteiger partial charge on any atom is 0.345 e. The van der Waals surface area contributed by atoms with Crippen molar-refractivity contribution in [2.24, 2.45) is 0 Å². The number of ether oxygens (including phenoxy) is 2. The summed E-state index contributed by atoms with van der Waals surface area (Å²) < 4.78 is 9.36. The van der Waals surface area contributed by atoms with Gasteiger partial charge in [0.2, 0.25) is 0 Å². The van der Waals surface area contributed by atoms with Crippen molar-refractivity contribution in [3.63, 3.8) is 0 Å². The minimum Gasteiger partial charge on any atom is -0.465 e. The number of para-hydroxylation sites is 1. The molecule has 0 unspecified atom stereocenters. The first-order valence-corrected chi connectivity index (χ1v) is 8.27. The van der Waals surface area contributed by atoms with Crippen LogP contribution in [0.15, 0.2) is 54.1 Å². The minimum absolute atomic E-state index is 0.164. The zero-order valence-corrected chi connectivity index (χ0v) is 15.6. The molecule has 136 valence electrons. The van der Waals surface area contributed by atoms with Gasteiger partial charge >= 0.3 is 11.9 Å². The molecule has 0 heterocycles. The number of benzene rings is 2. The molecule has 0 spiro atoms. The number of hydrogen-bond acceptors (Lipinski definition) is 5. The van der Waals surface area contributed by atoms with Crippen LogP contribution in [0.1, 0.15) is 11.1 Å². The molecule has 0 saturated heterocycles. The van der Waals surface area contributed by atoms with Gasteiger partial charge in [0, 0.05) is 24.3 Å². The third-order valence-corrected chi connectivity index (χ3v) is 4.04. The summed E-state index contributed by atoms with van der Waals surface area (Å²) in [5.74, 6) is -1.49. The van der Waals surface area contributed by atoms with Crippen molar-refractivity contribution in [1.29, 1.82) is 0 Å². The molecule has 0 N–H and O–H groups in total. The van der Waals surface area contributed by atoms with E-state index in [0.717, 1.165) is 11.3 Å². The van der Waals surface area contributed by atoms with Gasteiger partial charge in [0.1, 0.15) is 5.57 Å². The molecule has 2 aromatic carbocycles. The third-order valence-electron chi connectivity index (χ3n) is 3.79. The van der Waals surface area contributed by atoms with Crippen LogP contribution >= 0.6 is 11.6 Å². The van der Waals surface area contributed by atoms with Crippen LogP contribution in [-0.2, 0) is 25.6 Å². The predicted octanol–water partition coefficient (Wildman–Crippen LogP) is 3.71. The van der Waals surface area contributed by atoms with Gasteiger partial charge in [-0.05, 0) is 35.4 Å². The molecule has 0 aliphatic rings. The third kappa shape index (κ3) is 4.86. The van der Waals surface area contributed by atoms with Gasteiger partial charge in [-0.2, -0.15) is 0 Å². The molecule has 0 aliphatic carbocycles. The van der Waals surface area contributed by atoms with Gasteiger partial charge in [0.15, 0.2) is 0 Å². The Morgan fingerprint density at radius 1 is 1.00 bits per heavy atom. The summed E-state index contributed by atoms with van der Waals surface area (Å²) in [4.78, 5) is 25.8. The number of rotatable bonds is 6. The number of carbonyl (C=O) groups excluding carboxylic acids is 2. The van der Waals surface area contributed by atoms with Gasteiger partial charge in [0.25, 0.3) is 0 Å². The Bertz CT molecular complexity index is 797. The molecule has 26 heavy (non-hydrogen) atoms. The Kier molecular flexibility index (Phi) is 6.81. The summed E-state index contributed by atoms with van der Waals surface area (Å²) in [6, 6.07) is 15.0. The summed E-state index contributed by atoms with van der Waals surface area (Å²) in [5, 5.41) is 0.681. The Hall–Kier alpha value is -2.79. The normalized spacial score (nSPS) is 10.0. The maximum atomic E-state index is 11.9. The molecule has 0 atom stereocenters. The minimum atomic E-state index is -0.744. The van der Waals surface area contributed by atoms with Crippen LogP contribution in [0.5, 0.6) is 0 Å². The van der Waals surface area contributed by atoms with Crippen LogP contribution in [0, 0.1) is 0 Å². The highest BCUT2D eigenvalue weighted by atomic mass is 35.5. The molecule has 2 rings (SSSR count). The molecule has 0 fully saturated rings. The van der Waals surface area contributed by atoms with E-state index in [1.165, 1.54) is 20.3 Å². The second-order valence-corrected chi connectivity index (χ2v) is 6.02. The second kappa shape index (κ2) is 9.06.